The summed E-state index contributed by atoms with van der Waals surface area (Å²) in [5, 5.41) is 14.0. The van der Waals surface area contributed by atoms with E-state index in [4.69, 9.17) is 11.6 Å². The van der Waals surface area contributed by atoms with Crippen LogP contribution in [0.15, 0.2) is 29.2 Å². The molecule has 2 nitrogen and oxygen atoms in total. The fourth-order valence-electron chi connectivity index (χ4n) is 2.16. The van der Waals surface area contributed by atoms with E-state index >= 15 is 0 Å². The maximum Gasteiger partial charge on any atom is 0.0613 e. The van der Waals surface area contributed by atoms with E-state index in [1.165, 1.54) is 4.90 Å². The lowest BCUT2D eigenvalue weighted by Gasteiger charge is -2.32. The Balaban J connectivity index is 2.34. The molecular weight excluding hydrogens is 290 g/mol. The first-order chi connectivity index (χ1) is 9.65. The first kappa shape index (κ1) is 17.8. The molecule has 1 rings (SSSR count). The molecule has 0 aliphatic heterocycles. The largest absolute Gasteiger partial charge is 0.394 e. The van der Waals surface area contributed by atoms with Crippen LogP contribution in [0, 0.1) is 0 Å². The fraction of sp³-hybridized carbons (Fsp3) is 0.625. The maximum atomic E-state index is 9.67. The molecule has 0 spiro atoms. The molecule has 0 heterocycles. The van der Waals surface area contributed by atoms with Gasteiger partial charge in [0.05, 0.1) is 6.61 Å². The molecule has 20 heavy (non-hydrogen) atoms. The van der Waals surface area contributed by atoms with E-state index in [1.807, 2.05) is 23.9 Å². The minimum absolute atomic E-state index is 0.101. The zero-order valence-electron chi connectivity index (χ0n) is 12.5. The number of thioether (sulfide) groups is 1. The van der Waals surface area contributed by atoms with E-state index in [2.05, 4.69) is 31.3 Å². The van der Waals surface area contributed by atoms with Crippen LogP contribution < -0.4 is 5.32 Å². The number of halogens is 1. The smallest absolute Gasteiger partial charge is 0.0613 e. The molecule has 0 aliphatic rings. The van der Waals surface area contributed by atoms with Gasteiger partial charge in [-0.25, -0.2) is 0 Å². The zero-order valence-corrected chi connectivity index (χ0v) is 14.1. The van der Waals surface area contributed by atoms with E-state index in [-0.39, 0.29) is 12.1 Å². The van der Waals surface area contributed by atoms with Gasteiger partial charge in [0.25, 0.3) is 0 Å². The highest BCUT2D eigenvalue weighted by atomic mass is 35.5. The Hall–Kier alpha value is -0.220. The van der Waals surface area contributed by atoms with Crippen LogP contribution in [0.1, 0.15) is 39.5 Å². The van der Waals surface area contributed by atoms with E-state index in [1.54, 1.807) is 0 Å². The Kier molecular flexibility index (Phi) is 8.62. The first-order valence-corrected chi connectivity index (χ1v) is 8.76. The minimum atomic E-state index is -0.101. The van der Waals surface area contributed by atoms with Gasteiger partial charge < -0.3 is 10.4 Å². The van der Waals surface area contributed by atoms with Crippen LogP contribution in [0.25, 0.3) is 0 Å². The number of hydrogen-bond donors (Lipinski definition) is 2. The molecule has 0 amide bonds. The Morgan fingerprint density at radius 1 is 1.25 bits per heavy atom. The maximum absolute atomic E-state index is 9.67. The second-order valence-corrected chi connectivity index (χ2v) is 6.73. The molecule has 0 radical (unpaired) electrons. The summed E-state index contributed by atoms with van der Waals surface area (Å²) in [6.07, 6.45) is 4.18. The number of aliphatic hydroxyl groups excluding tert-OH is 1. The summed E-state index contributed by atoms with van der Waals surface area (Å²) in [6, 6.07) is 7.97. The Bertz CT molecular complexity index is 365. The van der Waals surface area contributed by atoms with Crippen molar-refractivity contribution >= 4 is 23.4 Å². The van der Waals surface area contributed by atoms with Gasteiger partial charge in [-0.1, -0.05) is 25.4 Å². The molecule has 1 aromatic carbocycles. The molecule has 0 aliphatic carbocycles. The highest BCUT2D eigenvalue weighted by molar-refractivity contribution is 7.99. The molecule has 0 saturated heterocycles. The van der Waals surface area contributed by atoms with Crippen molar-refractivity contribution in [1.82, 2.24) is 5.32 Å². The molecular formula is C16H26ClNOS. The van der Waals surface area contributed by atoms with Crippen LogP contribution >= 0.6 is 23.4 Å². The molecule has 0 saturated carbocycles. The topological polar surface area (TPSA) is 32.3 Å². The van der Waals surface area contributed by atoms with Gasteiger partial charge in [0, 0.05) is 15.5 Å². The predicted octanol–water partition coefficient (Wildman–Crippen LogP) is 4.35. The van der Waals surface area contributed by atoms with Crippen molar-refractivity contribution in [3.8, 4) is 0 Å². The molecule has 1 atom stereocenters. The van der Waals surface area contributed by atoms with Gasteiger partial charge in [0.15, 0.2) is 0 Å². The summed E-state index contributed by atoms with van der Waals surface area (Å²) in [7, 11) is 0. The van der Waals surface area contributed by atoms with Crippen LogP contribution in [0.5, 0.6) is 0 Å². The van der Waals surface area contributed by atoms with E-state index in [9.17, 15) is 5.11 Å². The minimum Gasteiger partial charge on any atom is -0.394 e. The van der Waals surface area contributed by atoms with Crippen LogP contribution in [0.4, 0.5) is 0 Å². The number of benzene rings is 1. The van der Waals surface area contributed by atoms with Gasteiger partial charge in [-0.2, -0.15) is 0 Å². The third-order valence-corrected chi connectivity index (χ3v) is 4.96. The number of hydrogen-bond acceptors (Lipinski definition) is 3. The summed E-state index contributed by atoms with van der Waals surface area (Å²) >= 11 is 7.72. The van der Waals surface area contributed by atoms with Crippen LogP contribution in [0.2, 0.25) is 5.02 Å². The van der Waals surface area contributed by atoms with Gasteiger partial charge in [-0.3, -0.25) is 0 Å². The molecule has 114 valence electrons. The molecule has 1 unspecified atom stereocenters. The van der Waals surface area contributed by atoms with Crippen molar-refractivity contribution < 1.29 is 5.11 Å². The van der Waals surface area contributed by atoms with Crippen LogP contribution in [-0.2, 0) is 0 Å². The Morgan fingerprint density at radius 2 is 1.95 bits per heavy atom. The summed E-state index contributed by atoms with van der Waals surface area (Å²) in [5.74, 6) is 1.07. The summed E-state index contributed by atoms with van der Waals surface area (Å²) < 4.78 is 0. The van der Waals surface area contributed by atoms with Gasteiger partial charge in [-0.15, -0.1) is 11.8 Å². The summed E-state index contributed by atoms with van der Waals surface area (Å²) in [4.78, 5) is 1.25. The molecule has 4 heteroatoms. The van der Waals surface area contributed by atoms with Crippen LogP contribution in [0.3, 0.4) is 0 Å². The van der Waals surface area contributed by atoms with Crippen LogP contribution in [-0.4, -0.2) is 29.5 Å². The third kappa shape index (κ3) is 6.04. The van der Waals surface area contributed by atoms with Gasteiger partial charge in [0.2, 0.25) is 0 Å². The number of nitrogens with one attached hydrogen (secondary N) is 1. The Labute approximate surface area is 132 Å². The second-order valence-electron chi connectivity index (χ2n) is 5.12. The number of aliphatic hydroxyl groups is 1. The van der Waals surface area contributed by atoms with Crippen molar-refractivity contribution in [2.75, 3.05) is 18.9 Å². The van der Waals surface area contributed by atoms with E-state index < -0.39 is 0 Å². The van der Waals surface area contributed by atoms with Gasteiger partial charge in [0.1, 0.15) is 0 Å². The van der Waals surface area contributed by atoms with Crippen molar-refractivity contribution in [2.45, 2.75) is 50.0 Å². The zero-order chi connectivity index (χ0) is 14.8. The van der Waals surface area contributed by atoms with Crippen molar-refractivity contribution in [3.05, 3.63) is 29.3 Å². The molecule has 2 N–H and O–H groups in total. The lowest BCUT2D eigenvalue weighted by molar-refractivity contribution is 0.146. The molecule has 0 fully saturated rings. The van der Waals surface area contributed by atoms with E-state index in [0.29, 0.717) is 0 Å². The Morgan fingerprint density at radius 3 is 2.50 bits per heavy atom. The fourth-order valence-corrected chi connectivity index (χ4v) is 3.14. The second kappa shape index (κ2) is 9.67. The quantitative estimate of drug-likeness (QED) is 0.497. The molecule has 1 aromatic rings. The van der Waals surface area contributed by atoms with Gasteiger partial charge >= 0.3 is 0 Å². The molecule has 0 aromatic heterocycles. The highest BCUT2D eigenvalue weighted by Gasteiger charge is 2.25. The average Bonchev–Trinajstić information content (AvgIpc) is 2.49. The predicted molar refractivity (Wildman–Crippen MR) is 89.8 cm³/mol. The standard InChI is InChI=1S/C16H26ClNOS/c1-3-11-18-16(4-2,13-19)10-5-12-20-15-8-6-14(17)7-9-15/h6-9,18-19H,3-5,10-13H2,1-2H3. The van der Waals surface area contributed by atoms with Crippen molar-refractivity contribution in [3.63, 3.8) is 0 Å². The number of rotatable bonds is 10. The third-order valence-electron chi connectivity index (χ3n) is 3.61. The first-order valence-electron chi connectivity index (χ1n) is 7.40. The normalized spacial score (nSPS) is 14.2. The summed E-state index contributed by atoms with van der Waals surface area (Å²) in [6.45, 7) is 5.49. The lowest BCUT2D eigenvalue weighted by atomic mass is 9.91. The monoisotopic (exact) mass is 315 g/mol. The molecule has 0 bridgehead atoms. The van der Waals surface area contributed by atoms with Gasteiger partial charge in [-0.05, 0) is 62.2 Å². The van der Waals surface area contributed by atoms with Crippen molar-refractivity contribution in [2.24, 2.45) is 0 Å². The van der Waals surface area contributed by atoms with Crippen molar-refractivity contribution in [1.29, 1.82) is 0 Å². The summed E-state index contributed by atoms with van der Waals surface area (Å²) in [5.41, 5.74) is -0.101. The lowest BCUT2D eigenvalue weighted by Crippen LogP contribution is -2.48. The SMILES string of the molecule is CCCNC(CC)(CO)CCCSc1ccc(Cl)cc1. The average molecular weight is 316 g/mol. The highest BCUT2D eigenvalue weighted by Crippen LogP contribution is 2.24. The van der Waals surface area contributed by atoms with E-state index in [0.717, 1.165) is 43.0 Å².